The van der Waals surface area contributed by atoms with Crippen LogP contribution in [0, 0.1) is 6.92 Å². The van der Waals surface area contributed by atoms with E-state index >= 15 is 0 Å². The molecule has 2 aromatic carbocycles. The van der Waals surface area contributed by atoms with Crippen molar-refractivity contribution < 1.29 is 38.2 Å². The maximum Gasteiger partial charge on any atom is 0.415 e. The first-order valence-corrected chi connectivity index (χ1v) is 25.4. The Kier molecular flexibility index (Phi) is 13.0. The van der Waals surface area contributed by atoms with Crippen LogP contribution in [0.1, 0.15) is 87.1 Å². The number of hydrogen-bond donors (Lipinski definition) is 2. The highest BCUT2D eigenvalue weighted by molar-refractivity contribution is 6.23. The number of nitrogens with one attached hydrogen (secondary N) is 2. The van der Waals surface area contributed by atoms with Gasteiger partial charge >= 0.3 is 6.09 Å². The predicted molar refractivity (Wildman–Crippen MR) is 275 cm³/mol. The number of fused-ring (bicyclic) bond motifs is 3. The van der Waals surface area contributed by atoms with Gasteiger partial charge in [0.2, 0.25) is 29.6 Å². The molecule has 3 aromatic heterocycles. The second-order valence-electron chi connectivity index (χ2n) is 20.6. The minimum absolute atomic E-state index is 0.0540. The van der Waals surface area contributed by atoms with E-state index in [4.69, 9.17) is 14.5 Å². The fraction of sp³-hybridized carbons (Fsp3) is 0.415. The molecule has 6 amide bonds. The van der Waals surface area contributed by atoms with Crippen LogP contribution < -0.4 is 35.0 Å². The molecular formula is C53H58N14O8. The smallest absolute Gasteiger partial charge is 0.415 e. The Hall–Kier alpha value is -8.27. The molecule has 0 radical (unpaired) electrons. The van der Waals surface area contributed by atoms with Crippen molar-refractivity contribution in [2.24, 2.45) is 0 Å². The third-order valence-electron chi connectivity index (χ3n) is 14.5. The SMILES string of the molecule is Cc1c(N2CCc3cnc(Nc4ccc(CN5CCN(c6ncc(C(=O)N7CCN(c8ccc9c(c8)C(=O)N(C8CCC(=O)NC8=O)C9=O)CC7)cn6)CC5)cc4)nc3C2)cnc2c1N(C(=O)OC(C)(C)C)CCO2. The summed E-state index contributed by atoms with van der Waals surface area (Å²) in [6.45, 7) is 15.3. The molecule has 75 heavy (non-hydrogen) atoms. The van der Waals surface area contributed by atoms with Crippen molar-refractivity contribution in [1.82, 2.24) is 44.9 Å². The number of imide groups is 2. The van der Waals surface area contributed by atoms with Gasteiger partial charge in [-0.05, 0) is 82.0 Å². The Labute approximate surface area is 433 Å². The van der Waals surface area contributed by atoms with E-state index in [2.05, 4.69) is 62.3 Å². The molecule has 3 saturated heterocycles. The Bertz CT molecular complexity index is 3100. The van der Waals surface area contributed by atoms with E-state index in [-0.39, 0.29) is 29.9 Å². The van der Waals surface area contributed by atoms with Crippen LogP contribution in [0.4, 0.5) is 39.4 Å². The summed E-state index contributed by atoms with van der Waals surface area (Å²) in [6, 6.07) is 12.3. The van der Waals surface area contributed by atoms with Crippen molar-refractivity contribution >= 4 is 70.3 Å². The third kappa shape index (κ3) is 9.96. The molecule has 1 atom stereocenters. The highest BCUT2D eigenvalue weighted by Gasteiger charge is 2.45. The van der Waals surface area contributed by atoms with Gasteiger partial charge in [0, 0.05) is 107 Å². The normalized spacial score (nSPS) is 19.1. The summed E-state index contributed by atoms with van der Waals surface area (Å²) in [7, 11) is 0. The summed E-state index contributed by atoms with van der Waals surface area (Å²) >= 11 is 0. The Morgan fingerprint density at radius 1 is 0.787 bits per heavy atom. The maximum atomic E-state index is 13.6. The number of piperazine rings is 2. The van der Waals surface area contributed by atoms with Crippen LogP contribution in [0.3, 0.4) is 0 Å². The van der Waals surface area contributed by atoms with Gasteiger partial charge in [-0.2, -0.15) is 0 Å². The molecule has 1 unspecified atom stereocenters. The van der Waals surface area contributed by atoms with E-state index in [0.717, 1.165) is 84.5 Å². The number of ether oxygens (including phenoxy) is 2. The monoisotopic (exact) mass is 1020 g/mol. The molecule has 9 heterocycles. The van der Waals surface area contributed by atoms with Crippen LogP contribution in [0.5, 0.6) is 5.88 Å². The van der Waals surface area contributed by atoms with Gasteiger partial charge < -0.3 is 34.4 Å². The number of hydrogen-bond acceptors (Lipinski definition) is 18. The quantitative estimate of drug-likeness (QED) is 0.198. The zero-order valence-corrected chi connectivity index (χ0v) is 42.4. The number of amides is 6. The van der Waals surface area contributed by atoms with Crippen molar-refractivity contribution in [1.29, 1.82) is 0 Å². The van der Waals surface area contributed by atoms with Crippen molar-refractivity contribution in [2.45, 2.75) is 71.7 Å². The average Bonchev–Trinajstić information content (AvgIpc) is 3.66. The van der Waals surface area contributed by atoms with Crippen molar-refractivity contribution in [3.8, 4) is 5.88 Å². The van der Waals surface area contributed by atoms with Gasteiger partial charge in [0.1, 0.15) is 23.9 Å². The zero-order valence-electron chi connectivity index (χ0n) is 42.4. The number of anilines is 6. The number of nitrogens with zero attached hydrogens (tertiary/aromatic N) is 12. The van der Waals surface area contributed by atoms with E-state index in [0.29, 0.717) is 74.9 Å². The second-order valence-corrected chi connectivity index (χ2v) is 20.6. The lowest BCUT2D eigenvalue weighted by Crippen LogP contribution is -2.54. The maximum absolute atomic E-state index is 13.6. The first-order chi connectivity index (χ1) is 36.1. The van der Waals surface area contributed by atoms with Crippen LogP contribution in [0.25, 0.3) is 0 Å². The average molecular weight is 1020 g/mol. The fourth-order valence-electron chi connectivity index (χ4n) is 10.5. The van der Waals surface area contributed by atoms with Gasteiger partial charge in [-0.3, -0.25) is 44.0 Å². The molecule has 0 bridgehead atoms. The van der Waals surface area contributed by atoms with Gasteiger partial charge in [-0.15, -0.1) is 0 Å². The number of carbonyl (C=O) groups is 6. The largest absolute Gasteiger partial charge is 0.474 e. The molecule has 388 valence electrons. The first-order valence-electron chi connectivity index (χ1n) is 25.4. The van der Waals surface area contributed by atoms with Gasteiger partial charge in [0.05, 0.1) is 47.4 Å². The molecule has 2 N–H and O–H groups in total. The molecule has 6 aliphatic heterocycles. The molecule has 6 aliphatic rings. The summed E-state index contributed by atoms with van der Waals surface area (Å²) in [5, 5.41) is 5.61. The first kappa shape index (κ1) is 49.0. The van der Waals surface area contributed by atoms with Crippen LogP contribution in [0.2, 0.25) is 0 Å². The molecule has 11 rings (SSSR count). The predicted octanol–water partition coefficient (Wildman–Crippen LogP) is 4.10. The molecule has 0 spiro atoms. The lowest BCUT2D eigenvalue weighted by atomic mass is 10.0. The van der Waals surface area contributed by atoms with Gasteiger partial charge in [-0.25, -0.2) is 29.7 Å². The van der Waals surface area contributed by atoms with Crippen LogP contribution in [-0.4, -0.2) is 159 Å². The zero-order chi connectivity index (χ0) is 52.1. The van der Waals surface area contributed by atoms with Crippen molar-refractivity contribution in [3.63, 3.8) is 0 Å². The van der Waals surface area contributed by atoms with E-state index in [1.807, 2.05) is 52.2 Å². The number of piperidine rings is 1. The molecule has 5 aromatic rings. The second kappa shape index (κ2) is 19.9. The molecule has 0 aliphatic carbocycles. The van der Waals surface area contributed by atoms with E-state index < -0.39 is 41.4 Å². The van der Waals surface area contributed by atoms with Crippen LogP contribution in [-0.2, 0) is 33.8 Å². The highest BCUT2D eigenvalue weighted by atomic mass is 16.6. The molecule has 0 saturated carbocycles. The summed E-state index contributed by atoms with van der Waals surface area (Å²) in [6.07, 6.45) is 7.38. The minimum atomic E-state index is -1.03. The van der Waals surface area contributed by atoms with Crippen LogP contribution in [0.15, 0.2) is 67.3 Å². The third-order valence-corrected chi connectivity index (χ3v) is 14.5. The van der Waals surface area contributed by atoms with Gasteiger partial charge in [-0.1, -0.05) is 12.1 Å². The fourth-order valence-corrected chi connectivity index (χ4v) is 10.5. The Morgan fingerprint density at radius 3 is 2.25 bits per heavy atom. The molecule has 22 nitrogen and oxygen atoms in total. The summed E-state index contributed by atoms with van der Waals surface area (Å²) in [5.74, 6) is -0.816. The molecule has 3 fully saturated rings. The van der Waals surface area contributed by atoms with E-state index in [9.17, 15) is 28.8 Å². The number of rotatable bonds is 9. The van der Waals surface area contributed by atoms with Crippen LogP contribution >= 0.6 is 0 Å². The Morgan fingerprint density at radius 2 is 1.52 bits per heavy atom. The van der Waals surface area contributed by atoms with Gasteiger partial charge in [0.15, 0.2) is 0 Å². The van der Waals surface area contributed by atoms with E-state index in [1.54, 1.807) is 40.4 Å². The molecule has 22 heteroatoms. The molecular weight excluding hydrogens is 961 g/mol. The van der Waals surface area contributed by atoms with Crippen molar-refractivity contribution in [3.05, 3.63) is 106 Å². The number of aromatic nitrogens is 5. The number of pyridine rings is 1. The minimum Gasteiger partial charge on any atom is -0.474 e. The van der Waals surface area contributed by atoms with Crippen molar-refractivity contribution in [2.75, 3.05) is 97.0 Å². The Balaban J connectivity index is 0.638. The summed E-state index contributed by atoms with van der Waals surface area (Å²) < 4.78 is 11.6. The topological polar surface area (TPSA) is 232 Å². The van der Waals surface area contributed by atoms with Gasteiger partial charge in [0.25, 0.3) is 17.7 Å². The summed E-state index contributed by atoms with van der Waals surface area (Å²) in [5.41, 5.74) is 7.47. The number of benzene rings is 2. The lowest BCUT2D eigenvalue weighted by Gasteiger charge is -2.36. The number of carbonyl (C=O) groups excluding carboxylic acids is 6. The lowest BCUT2D eigenvalue weighted by molar-refractivity contribution is -0.136. The standard InChI is InChI=1S/C53H58N14O8/c1-32-42(29-54-46-44(32)66(23-24-74-46)52(73)75-53(2,3)4)65-14-13-34-26-55-50(59-40(34)31-65)58-36-7-5-33(6-8-36)30-61-15-17-64(18-16-61)51-56-27-35(28-57-51)47(70)63-21-19-62(20-22-63)37-9-10-38-39(25-37)49(72)67(48(38)71)41-11-12-43(68)60-45(41)69/h5-10,25-29,41H,11-24,30-31H2,1-4H3,(H,55,58,59)(H,60,68,69). The summed E-state index contributed by atoms with van der Waals surface area (Å²) in [4.78, 5) is 114. The van der Waals surface area contributed by atoms with E-state index in [1.165, 1.54) is 5.56 Å². The highest BCUT2D eigenvalue weighted by Crippen LogP contribution is 2.40.